The maximum Gasteiger partial charge on any atom is 0.287 e. The van der Waals surface area contributed by atoms with E-state index in [1.165, 1.54) is 16.9 Å². The van der Waals surface area contributed by atoms with Crippen LogP contribution < -0.4 is 10.7 Å². The molecule has 146 valence electrons. The first-order chi connectivity index (χ1) is 14.2. The summed E-state index contributed by atoms with van der Waals surface area (Å²) in [4.78, 5) is 26.0. The number of aryl methyl sites for hydroxylation is 1. The van der Waals surface area contributed by atoms with Crippen LogP contribution in [0.25, 0.3) is 6.08 Å². The Balaban J connectivity index is 1.72. The van der Waals surface area contributed by atoms with Crippen LogP contribution in [-0.2, 0) is 11.2 Å². The molecule has 0 fully saturated rings. The van der Waals surface area contributed by atoms with E-state index in [1.54, 1.807) is 36.6 Å². The van der Waals surface area contributed by atoms with Gasteiger partial charge in [0.1, 0.15) is 5.70 Å². The van der Waals surface area contributed by atoms with E-state index in [0.717, 1.165) is 16.9 Å². The Labute approximate surface area is 173 Å². The summed E-state index contributed by atoms with van der Waals surface area (Å²) in [5, 5.41) is 8.59. The number of rotatable bonds is 7. The monoisotopic (exact) mass is 403 g/mol. The molecule has 2 amide bonds. The van der Waals surface area contributed by atoms with Crippen LogP contribution in [0.2, 0.25) is 0 Å². The Kier molecular flexibility index (Phi) is 7.08. The van der Waals surface area contributed by atoms with Crippen LogP contribution in [0.4, 0.5) is 0 Å². The van der Waals surface area contributed by atoms with Gasteiger partial charge in [0, 0.05) is 10.4 Å². The van der Waals surface area contributed by atoms with E-state index in [4.69, 9.17) is 0 Å². The van der Waals surface area contributed by atoms with Crippen LogP contribution in [0.15, 0.2) is 82.9 Å². The van der Waals surface area contributed by atoms with Gasteiger partial charge in [-0.2, -0.15) is 5.10 Å². The number of hydrogen-bond donors (Lipinski definition) is 2. The molecule has 2 N–H and O–H groups in total. The van der Waals surface area contributed by atoms with Crippen molar-refractivity contribution in [3.63, 3.8) is 0 Å². The molecule has 3 rings (SSSR count). The minimum absolute atomic E-state index is 0.125. The van der Waals surface area contributed by atoms with Crippen LogP contribution in [-0.4, -0.2) is 18.0 Å². The van der Waals surface area contributed by atoms with Crippen molar-refractivity contribution >= 4 is 35.4 Å². The summed E-state index contributed by atoms with van der Waals surface area (Å²) < 4.78 is 0. The molecule has 0 spiro atoms. The molecule has 0 aliphatic carbocycles. The van der Waals surface area contributed by atoms with Crippen LogP contribution in [0, 0.1) is 0 Å². The molecule has 0 saturated carbocycles. The molecule has 0 saturated heterocycles. The van der Waals surface area contributed by atoms with Gasteiger partial charge in [0.15, 0.2) is 0 Å². The Morgan fingerprint density at radius 1 is 1.00 bits per heavy atom. The summed E-state index contributed by atoms with van der Waals surface area (Å²) in [6.07, 6.45) is 4.16. The fourth-order valence-corrected chi connectivity index (χ4v) is 3.18. The number of amides is 2. The zero-order chi connectivity index (χ0) is 20.5. The minimum Gasteiger partial charge on any atom is -0.317 e. The molecule has 0 aliphatic rings. The highest BCUT2D eigenvalue weighted by atomic mass is 32.1. The number of hydrazone groups is 1. The van der Waals surface area contributed by atoms with Gasteiger partial charge < -0.3 is 5.32 Å². The van der Waals surface area contributed by atoms with Crippen molar-refractivity contribution in [3.8, 4) is 0 Å². The summed E-state index contributed by atoms with van der Waals surface area (Å²) in [6, 6.07) is 20.4. The molecule has 0 bridgehead atoms. The topological polar surface area (TPSA) is 70.6 Å². The average Bonchev–Trinajstić information content (AvgIpc) is 3.27. The fraction of sp³-hybridized carbons (Fsp3) is 0.0870. The molecule has 2 aromatic carbocycles. The van der Waals surface area contributed by atoms with Gasteiger partial charge in [-0.3, -0.25) is 9.59 Å². The van der Waals surface area contributed by atoms with E-state index in [1.807, 2.05) is 47.8 Å². The first-order valence-electron chi connectivity index (χ1n) is 9.19. The van der Waals surface area contributed by atoms with Crippen molar-refractivity contribution in [2.45, 2.75) is 13.3 Å². The molecule has 0 radical (unpaired) electrons. The molecular formula is C23H21N3O2S. The van der Waals surface area contributed by atoms with Gasteiger partial charge >= 0.3 is 0 Å². The standard InChI is InChI=1S/C23H21N3O2S/c1-2-17-10-12-18(13-11-17)16-24-26-23(28)21(15-20-9-6-14-29-20)25-22(27)19-7-4-3-5-8-19/h3-16H,2H2,1H3,(H,25,27)(H,26,28). The molecule has 0 aliphatic heterocycles. The largest absolute Gasteiger partial charge is 0.317 e. The van der Waals surface area contributed by atoms with E-state index in [-0.39, 0.29) is 11.6 Å². The van der Waals surface area contributed by atoms with E-state index in [2.05, 4.69) is 22.8 Å². The number of nitrogens with zero attached hydrogens (tertiary/aromatic N) is 1. The zero-order valence-corrected chi connectivity index (χ0v) is 16.8. The highest BCUT2D eigenvalue weighted by molar-refractivity contribution is 7.10. The number of carbonyl (C=O) groups excluding carboxylic acids is 2. The maximum absolute atomic E-state index is 12.6. The van der Waals surface area contributed by atoms with Crippen LogP contribution in [0.3, 0.4) is 0 Å². The van der Waals surface area contributed by atoms with Gasteiger partial charge in [-0.05, 0) is 47.2 Å². The predicted molar refractivity (Wildman–Crippen MR) is 118 cm³/mol. The van der Waals surface area contributed by atoms with Crippen molar-refractivity contribution in [1.29, 1.82) is 0 Å². The number of hydrogen-bond acceptors (Lipinski definition) is 4. The molecule has 1 heterocycles. The number of carbonyl (C=O) groups is 2. The van der Waals surface area contributed by atoms with Crippen molar-refractivity contribution < 1.29 is 9.59 Å². The van der Waals surface area contributed by atoms with Crippen molar-refractivity contribution in [3.05, 3.63) is 99.4 Å². The second-order valence-corrected chi connectivity index (χ2v) is 7.17. The lowest BCUT2D eigenvalue weighted by Crippen LogP contribution is -2.32. The fourth-order valence-electron chi connectivity index (χ4n) is 2.52. The number of nitrogens with one attached hydrogen (secondary N) is 2. The quantitative estimate of drug-likeness (QED) is 0.352. The molecule has 0 atom stereocenters. The molecule has 5 nitrogen and oxygen atoms in total. The van der Waals surface area contributed by atoms with E-state index in [9.17, 15) is 9.59 Å². The lowest BCUT2D eigenvalue weighted by molar-refractivity contribution is -0.117. The second-order valence-electron chi connectivity index (χ2n) is 6.19. The smallest absolute Gasteiger partial charge is 0.287 e. The van der Waals surface area contributed by atoms with Gasteiger partial charge in [-0.1, -0.05) is 55.5 Å². The van der Waals surface area contributed by atoms with Gasteiger partial charge in [0.05, 0.1) is 6.21 Å². The van der Waals surface area contributed by atoms with Gasteiger partial charge in [-0.15, -0.1) is 11.3 Å². The number of benzene rings is 2. The molecule has 0 unspecified atom stereocenters. The normalized spacial score (nSPS) is 11.4. The summed E-state index contributed by atoms with van der Waals surface area (Å²) in [5.74, 6) is -0.855. The highest BCUT2D eigenvalue weighted by Gasteiger charge is 2.14. The zero-order valence-electron chi connectivity index (χ0n) is 16.0. The summed E-state index contributed by atoms with van der Waals surface area (Å²) >= 11 is 1.47. The summed E-state index contributed by atoms with van der Waals surface area (Å²) in [7, 11) is 0. The number of thiophene rings is 1. The summed E-state index contributed by atoms with van der Waals surface area (Å²) in [5.41, 5.74) is 5.18. The molecule has 6 heteroatoms. The van der Waals surface area contributed by atoms with Crippen LogP contribution >= 0.6 is 11.3 Å². The first kappa shape index (κ1) is 20.2. The summed E-state index contributed by atoms with van der Waals surface area (Å²) in [6.45, 7) is 2.09. The highest BCUT2D eigenvalue weighted by Crippen LogP contribution is 2.13. The first-order valence-corrected chi connectivity index (χ1v) is 10.1. The Morgan fingerprint density at radius 2 is 1.76 bits per heavy atom. The molecule has 1 aromatic heterocycles. The van der Waals surface area contributed by atoms with Crippen LogP contribution in [0.5, 0.6) is 0 Å². The van der Waals surface area contributed by atoms with Gasteiger partial charge in [0.25, 0.3) is 11.8 Å². The minimum atomic E-state index is -0.496. The third-order valence-corrected chi connectivity index (χ3v) is 4.95. The van der Waals surface area contributed by atoms with Crippen molar-refractivity contribution in [1.82, 2.24) is 10.7 Å². The molecular weight excluding hydrogens is 382 g/mol. The Hall–Kier alpha value is -3.51. The van der Waals surface area contributed by atoms with Gasteiger partial charge in [-0.25, -0.2) is 5.43 Å². The molecule has 3 aromatic rings. The maximum atomic E-state index is 12.6. The third kappa shape index (κ3) is 5.99. The van der Waals surface area contributed by atoms with Gasteiger partial charge in [0.2, 0.25) is 0 Å². The van der Waals surface area contributed by atoms with Crippen molar-refractivity contribution in [2.75, 3.05) is 0 Å². The Bertz CT molecular complexity index is 1010. The average molecular weight is 404 g/mol. The molecule has 29 heavy (non-hydrogen) atoms. The van der Waals surface area contributed by atoms with E-state index < -0.39 is 5.91 Å². The Morgan fingerprint density at radius 3 is 2.41 bits per heavy atom. The SMILES string of the molecule is CCc1ccc(C=NNC(=O)C(=Cc2cccs2)NC(=O)c2ccccc2)cc1. The van der Waals surface area contributed by atoms with Crippen molar-refractivity contribution in [2.24, 2.45) is 5.10 Å². The van der Waals surface area contributed by atoms with E-state index >= 15 is 0 Å². The van der Waals surface area contributed by atoms with Crippen LogP contribution in [0.1, 0.15) is 33.3 Å². The lowest BCUT2D eigenvalue weighted by Gasteiger charge is -2.08. The second kappa shape index (κ2) is 10.1. The van der Waals surface area contributed by atoms with E-state index in [0.29, 0.717) is 5.56 Å². The predicted octanol–water partition coefficient (Wildman–Crippen LogP) is 4.23. The lowest BCUT2D eigenvalue weighted by atomic mass is 10.1. The third-order valence-electron chi connectivity index (χ3n) is 4.13.